The van der Waals surface area contributed by atoms with Crippen LogP contribution in [0.2, 0.25) is 0 Å². The fourth-order valence-corrected chi connectivity index (χ4v) is 1.95. The quantitative estimate of drug-likeness (QED) is 0.657. The Bertz CT molecular complexity index is 261. The average molecular weight is 212 g/mol. The molecule has 2 amide bonds. The van der Waals surface area contributed by atoms with Gasteiger partial charge in [-0.3, -0.25) is 9.59 Å². The summed E-state index contributed by atoms with van der Waals surface area (Å²) in [4.78, 5) is 22.5. The van der Waals surface area contributed by atoms with Gasteiger partial charge in [0.05, 0.1) is 12.0 Å². The molecule has 0 aromatic heterocycles. The van der Waals surface area contributed by atoms with E-state index in [1.54, 1.807) is 0 Å². The van der Waals surface area contributed by atoms with Gasteiger partial charge in [0.25, 0.3) is 0 Å². The van der Waals surface area contributed by atoms with E-state index in [0.29, 0.717) is 19.5 Å². The molecule has 0 aromatic rings. The number of hydrogen-bond acceptors (Lipinski definition) is 3. The van der Waals surface area contributed by atoms with Crippen LogP contribution >= 0.6 is 0 Å². The SMILES string of the molecule is O=C1CC(C(=O)NCC2CCCO2)CN1. The number of carbonyl (C=O) groups is 2. The Hall–Kier alpha value is -1.10. The van der Waals surface area contributed by atoms with Gasteiger partial charge in [-0.2, -0.15) is 0 Å². The third-order valence-electron chi connectivity index (χ3n) is 2.88. The Morgan fingerprint density at radius 1 is 1.60 bits per heavy atom. The Morgan fingerprint density at radius 2 is 2.47 bits per heavy atom. The largest absolute Gasteiger partial charge is 0.376 e. The molecule has 84 valence electrons. The molecular formula is C10H16N2O3. The summed E-state index contributed by atoms with van der Waals surface area (Å²) in [5, 5.41) is 5.48. The molecule has 2 unspecified atom stereocenters. The van der Waals surface area contributed by atoms with Crippen LogP contribution in [0.1, 0.15) is 19.3 Å². The van der Waals surface area contributed by atoms with Crippen molar-refractivity contribution in [3.05, 3.63) is 0 Å². The molecule has 2 aliphatic heterocycles. The minimum atomic E-state index is -0.195. The zero-order valence-corrected chi connectivity index (χ0v) is 8.62. The van der Waals surface area contributed by atoms with E-state index >= 15 is 0 Å². The molecule has 2 rings (SSSR count). The molecular weight excluding hydrogens is 196 g/mol. The van der Waals surface area contributed by atoms with Gasteiger partial charge in [0, 0.05) is 26.1 Å². The van der Waals surface area contributed by atoms with Crippen molar-refractivity contribution >= 4 is 11.8 Å². The van der Waals surface area contributed by atoms with Crippen molar-refractivity contribution < 1.29 is 14.3 Å². The lowest BCUT2D eigenvalue weighted by Gasteiger charge is -2.12. The van der Waals surface area contributed by atoms with Crippen LogP contribution < -0.4 is 10.6 Å². The molecule has 2 heterocycles. The second-order valence-corrected chi connectivity index (χ2v) is 4.09. The van der Waals surface area contributed by atoms with E-state index in [1.807, 2.05) is 0 Å². The number of hydrogen-bond donors (Lipinski definition) is 2. The summed E-state index contributed by atoms with van der Waals surface area (Å²) in [6, 6.07) is 0. The molecule has 15 heavy (non-hydrogen) atoms. The minimum Gasteiger partial charge on any atom is -0.376 e. The van der Waals surface area contributed by atoms with Crippen molar-refractivity contribution in [2.24, 2.45) is 5.92 Å². The van der Waals surface area contributed by atoms with Crippen molar-refractivity contribution in [2.75, 3.05) is 19.7 Å². The Labute approximate surface area is 88.5 Å². The third-order valence-corrected chi connectivity index (χ3v) is 2.88. The van der Waals surface area contributed by atoms with Crippen LogP contribution in [0.25, 0.3) is 0 Å². The zero-order chi connectivity index (χ0) is 10.7. The van der Waals surface area contributed by atoms with Crippen LogP contribution in [-0.4, -0.2) is 37.6 Å². The van der Waals surface area contributed by atoms with Crippen molar-refractivity contribution in [1.82, 2.24) is 10.6 Å². The lowest BCUT2D eigenvalue weighted by molar-refractivity contribution is -0.126. The molecule has 0 spiro atoms. The molecule has 0 saturated carbocycles. The summed E-state index contributed by atoms with van der Waals surface area (Å²) in [5.41, 5.74) is 0. The van der Waals surface area contributed by atoms with Crippen molar-refractivity contribution in [3.8, 4) is 0 Å². The predicted molar refractivity (Wildman–Crippen MR) is 53.1 cm³/mol. The Balaban J connectivity index is 1.70. The Kier molecular flexibility index (Phi) is 3.20. The van der Waals surface area contributed by atoms with E-state index in [-0.39, 0.29) is 23.8 Å². The predicted octanol–water partition coefficient (Wildman–Crippen LogP) is -0.582. The number of rotatable bonds is 3. The molecule has 0 aliphatic carbocycles. The summed E-state index contributed by atoms with van der Waals surface area (Å²) in [5.74, 6) is -0.269. The van der Waals surface area contributed by atoms with E-state index < -0.39 is 0 Å². The maximum atomic E-state index is 11.6. The summed E-state index contributed by atoms with van der Waals surface area (Å²) in [6.07, 6.45) is 2.57. The molecule has 0 bridgehead atoms. The van der Waals surface area contributed by atoms with Gasteiger partial charge in [0.15, 0.2) is 0 Å². The van der Waals surface area contributed by atoms with Gasteiger partial charge in [-0.25, -0.2) is 0 Å². The monoisotopic (exact) mass is 212 g/mol. The van der Waals surface area contributed by atoms with Gasteiger partial charge in [0.2, 0.25) is 11.8 Å². The molecule has 0 radical (unpaired) electrons. The first-order valence-electron chi connectivity index (χ1n) is 5.41. The molecule has 2 fully saturated rings. The highest BCUT2D eigenvalue weighted by Crippen LogP contribution is 2.12. The van der Waals surface area contributed by atoms with Gasteiger partial charge in [-0.1, -0.05) is 0 Å². The van der Waals surface area contributed by atoms with Gasteiger partial charge < -0.3 is 15.4 Å². The first-order valence-corrected chi connectivity index (χ1v) is 5.41. The average Bonchev–Trinajstić information content (AvgIpc) is 2.84. The summed E-state index contributed by atoms with van der Waals surface area (Å²) >= 11 is 0. The van der Waals surface area contributed by atoms with Crippen LogP contribution in [0.5, 0.6) is 0 Å². The maximum absolute atomic E-state index is 11.6. The Morgan fingerprint density at radius 3 is 3.07 bits per heavy atom. The fourth-order valence-electron chi connectivity index (χ4n) is 1.95. The van der Waals surface area contributed by atoms with Gasteiger partial charge in [-0.15, -0.1) is 0 Å². The maximum Gasteiger partial charge on any atom is 0.225 e. The summed E-state index contributed by atoms with van der Waals surface area (Å²) in [7, 11) is 0. The van der Waals surface area contributed by atoms with Crippen molar-refractivity contribution in [1.29, 1.82) is 0 Å². The van der Waals surface area contributed by atoms with Crippen LogP contribution in [0.15, 0.2) is 0 Å². The van der Waals surface area contributed by atoms with E-state index in [1.165, 1.54) is 0 Å². The molecule has 2 aliphatic rings. The second kappa shape index (κ2) is 4.61. The summed E-state index contributed by atoms with van der Waals surface area (Å²) in [6.45, 7) is 1.84. The molecule has 5 nitrogen and oxygen atoms in total. The standard InChI is InChI=1S/C10H16N2O3/c13-9-4-7(5-11-9)10(14)12-6-8-2-1-3-15-8/h7-8H,1-6H2,(H,11,13)(H,12,14). The van der Waals surface area contributed by atoms with Crippen LogP contribution in [0.4, 0.5) is 0 Å². The van der Waals surface area contributed by atoms with Gasteiger partial charge >= 0.3 is 0 Å². The van der Waals surface area contributed by atoms with Crippen molar-refractivity contribution in [3.63, 3.8) is 0 Å². The van der Waals surface area contributed by atoms with Crippen LogP contribution in [0, 0.1) is 5.92 Å². The highest BCUT2D eigenvalue weighted by Gasteiger charge is 2.28. The van der Waals surface area contributed by atoms with Gasteiger partial charge in [-0.05, 0) is 12.8 Å². The van der Waals surface area contributed by atoms with E-state index in [0.717, 1.165) is 19.4 Å². The van der Waals surface area contributed by atoms with Crippen LogP contribution in [0.3, 0.4) is 0 Å². The lowest BCUT2D eigenvalue weighted by atomic mass is 10.1. The smallest absolute Gasteiger partial charge is 0.225 e. The third kappa shape index (κ3) is 2.68. The normalized spacial score (nSPS) is 30.3. The lowest BCUT2D eigenvalue weighted by Crippen LogP contribution is -2.36. The molecule has 2 atom stereocenters. The molecule has 2 N–H and O–H groups in total. The topological polar surface area (TPSA) is 67.4 Å². The molecule has 0 aromatic carbocycles. The fraction of sp³-hybridized carbons (Fsp3) is 0.800. The highest BCUT2D eigenvalue weighted by atomic mass is 16.5. The van der Waals surface area contributed by atoms with E-state index in [9.17, 15) is 9.59 Å². The highest BCUT2D eigenvalue weighted by molar-refractivity contribution is 5.89. The second-order valence-electron chi connectivity index (χ2n) is 4.09. The van der Waals surface area contributed by atoms with Gasteiger partial charge in [0.1, 0.15) is 0 Å². The van der Waals surface area contributed by atoms with E-state index in [4.69, 9.17) is 4.74 Å². The number of ether oxygens (including phenoxy) is 1. The first kappa shape index (κ1) is 10.4. The van der Waals surface area contributed by atoms with Crippen molar-refractivity contribution in [2.45, 2.75) is 25.4 Å². The first-order chi connectivity index (χ1) is 7.25. The molecule has 2 saturated heterocycles. The number of amides is 2. The molecule has 5 heteroatoms. The zero-order valence-electron chi connectivity index (χ0n) is 8.62. The number of nitrogens with one attached hydrogen (secondary N) is 2. The minimum absolute atomic E-state index is 0.0349. The summed E-state index contributed by atoms with van der Waals surface area (Å²) < 4.78 is 5.39. The number of carbonyl (C=O) groups excluding carboxylic acids is 2. The van der Waals surface area contributed by atoms with Crippen LogP contribution in [-0.2, 0) is 14.3 Å². The van der Waals surface area contributed by atoms with E-state index in [2.05, 4.69) is 10.6 Å².